The van der Waals surface area contributed by atoms with Crippen LogP contribution in [0.5, 0.6) is 0 Å². The Morgan fingerprint density at radius 1 is 1.37 bits per heavy atom. The predicted molar refractivity (Wildman–Crippen MR) is 70.5 cm³/mol. The highest BCUT2D eigenvalue weighted by Gasteiger charge is 2.09. The van der Waals surface area contributed by atoms with Crippen molar-refractivity contribution in [2.75, 3.05) is 6.54 Å². The molecule has 1 aromatic heterocycles. The van der Waals surface area contributed by atoms with Crippen LogP contribution < -0.4 is 10.7 Å². The summed E-state index contributed by atoms with van der Waals surface area (Å²) in [6, 6.07) is 0. The molecule has 0 spiro atoms. The molecule has 0 amide bonds. The van der Waals surface area contributed by atoms with Crippen molar-refractivity contribution in [1.82, 2.24) is 9.97 Å². The van der Waals surface area contributed by atoms with Crippen LogP contribution in [0.4, 0.5) is 0 Å². The number of fused-ring (bicyclic) bond motifs is 1. The van der Waals surface area contributed by atoms with Gasteiger partial charge in [-0.3, -0.25) is 4.99 Å². The molecule has 0 radical (unpaired) electrons. The van der Waals surface area contributed by atoms with Crippen LogP contribution in [0.25, 0.3) is 6.08 Å². The molecule has 0 aromatic carbocycles. The third-order valence-corrected chi connectivity index (χ3v) is 2.58. The Morgan fingerprint density at radius 2 is 2.32 bits per heavy atom. The Kier molecular flexibility index (Phi) is 2.88. The molecule has 5 heteroatoms. The molecule has 2 aliphatic heterocycles. The number of ether oxygens (including phenoxy) is 1. The predicted octanol–water partition coefficient (Wildman–Crippen LogP) is 0.428. The van der Waals surface area contributed by atoms with E-state index in [-0.39, 0.29) is 0 Å². The van der Waals surface area contributed by atoms with Gasteiger partial charge in [0.25, 0.3) is 0 Å². The summed E-state index contributed by atoms with van der Waals surface area (Å²) in [4.78, 5) is 16.7. The lowest BCUT2D eigenvalue weighted by Gasteiger charge is -2.06. The first kappa shape index (κ1) is 11.3. The van der Waals surface area contributed by atoms with Gasteiger partial charge in [0, 0.05) is 11.6 Å². The molecule has 3 heterocycles. The highest BCUT2D eigenvalue weighted by molar-refractivity contribution is 5.59. The number of hydrogen-bond acceptors (Lipinski definition) is 5. The van der Waals surface area contributed by atoms with Crippen molar-refractivity contribution in [3.05, 3.63) is 65.3 Å². The van der Waals surface area contributed by atoms with Gasteiger partial charge >= 0.3 is 0 Å². The second-order valence-electron chi connectivity index (χ2n) is 3.92. The van der Waals surface area contributed by atoms with Crippen molar-refractivity contribution in [1.29, 1.82) is 0 Å². The molecule has 0 fully saturated rings. The Hall–Kier alpha value is -2.78. The van der Waals surface area contributed by atoms with Crippen molar-refractivity contribution in [3.63, 3.8) is 0 Å². The monoisotopic (exact) mass is 250 g/mol. The van der Waals surface area contributed by atoms with Crippen LogP contribution in [0.15, 0.2) is 64.5 Å². The average Bonchev–Trinajstić information content (AvgIpc) is 2.59. The highest BCUT2D eigenvalue weighted by atomic mass is 16.5. The topological polar surface area (TPSA) is 59.7 Å². The first-order valence-electron chi connectivity index (χ1n) is 5.71. The van der Waals surface area contributed by atoms with E-state index in [9.17, 15) is 0 Å². The second kappa shape index (κ2) is 4.84. The number of allylic oxidation sites excluding steroid dienone is 3. The maximum absolute atomic E-state index is 5.62. The minimum absolute atomic E-state index is 0.437. The van der Waals surface area contributed by atoms with Gasteiger partial charge in [0.15, 0.2) is 0 Å². The lowest BCUT2D eigenvalue weighted by atomic mass is 10.2. The highest BCUT2D eigenvalue weighted by Crippen LogP contribution is 2.16. The molecule has 0 N–H and O–H groups in total. The fourth-order valence-electron chi connectivity index (χ4n) is 1.70. The van der Waals surface area contributed by atoms with Crippen LogP contribution in [0.1, 0.15) is 0 Å². The molecule has 0 unspecified atom stereocenters. The van der Waals surface area contributed by atoms with Gasteiger partial charge in [-0.1, -0.05) is 18.7 Å². The van der Waals surface area contributed by atoms with Gasteiger partial charge in [-0.2, -0.15) is 4.99 Å². The lowest BCUT2D eigenvalue weighted by molar-refractivity contribution is 0.321. The Morgan fingerprint density at radius 3 is 3.26 bits per heavy atom. The van der Waals surface area contributed by atoms with Crippen molar-refractivity contribution < 1.29 is 4.74 Å². The number of aliphatic imine (C=N–C) groups is 1. The minimum Gasteiger partial charge on any atom is -0.439 e. The zero-order chi connectivity index (χ0) is 13.1. The number of nitrogens with zero attached hydrogens (tertiary/aromatic N) is 4. The first-order valence-corrected chi connectivity index (χ1v) is 5.71. The van der Waals surface area contributed by atoms with Crippen molar-refractivity contribution in [2.45, 2.75) is 0 Å². The minimum atomic E-state index is 0.437. The molecular weight excluding hydrogens is 240 g/mol. The standard InChI is InChI=1S/C14H10N4O/c1-10-6-12-13(8-15-9-18-12)17-7-11-4-2-3-5-16-14(11)19-10/h2-4,6,8-9H,1,7H2/b12-6+,17-13-. The van der Waals surface area contributed by atoms with Crippen molar-refractivity contribution in [3.8, 4) is 0 Å². The van der Waals surface area contributed by atoms with E-state index in [1.807, 2.05) is 12.2 Å². The molecule has 19 heavy (non-hydrogen) atoms. The van der Waals surface area contributed by atoms with Gasteiger partial charge in [0.2, 0.25) is 5.88 Å². The fourth-order valence-corrected chi connectivity index (χ4v) is 1.70. The number of hydrogen-bond donors (Lipinski definition) is 0. The summed E-state index contributed by atoms with van der Waals surface area (Å²) in [5.41, 5.74) is 0.854. The maximum Gasteiger partial charge on any atom is 0.232 e. The van der Waals surface area contributed by atoms with E-state index in [2.05, 4.69) is 32.4 Å². The van der Waals surface area contributed by atoms with Gasteiger partial charge in [-0.25, -0.2) is 9.97 Å². The Balaban J connectivity index is 2.18. The van der Waals surface area contributed by atoms with Gasteiger partial charge in [0.1, 0.15) is 17.4 Å². The fraction of sp³-hybridized carbons (Fsp3) is 0.0714. The summed E-state index contributed by atoms with van der Waals surface area (Å²) in [7, 11) is 0. The molecule has 5 nitrogen and oxygen atoms in total. The van der Waals surface area contributed by atoms with E-state index in [1.165, 1.54) is 6.33 Å². The molecule has 3 rings (SSSR count). The van der Waals surface area contributed by atoms with Crippen LogP contribution in [-0.4, -0.2) is 22.4 Å². The molecule has 0 saturated heterocycles. The molecule has 0 aliphatic carbocycles. The largest absolute Gasteiger partial charge is 0.439 e. The van der Waals surface area contributed by atoms with Crippen molar-refractivity contribution in [2.24, 2.45) is 9.98 Å². The van der Waals surface area contributed by atoms with E-state index in [0.717, 1.165) is 5.57 Å². The third kappa shape index (κ3) is 2.41. The molecule has 1 aromatic rings. The van der Waals surface area contributed by atoms with E-state index in [0.29, 0.717) is 28.9 Å². The molecule has 0 bridgehead atoms. The van der Waals surface area contributed by atoms with Crippen LogP contribution >= 0.6 is 0 Å². The van der Waals surface area contributed by atoms with Crippen LogP contribution in [0.3, 0.4) is 0 Å². The molecular formula is C14H10N4O. The van der Waals surface area contributed by atoms with Crippen LogP contribution in [-0.2, 0) is 4.74 Å². The number of rotatable bonds is 0. The van der Waals surface area contributed by atoms with Gasteiger partial charge in [-0.05, 0) is 11.9 Å². The van der Waals surface area contributed by atoms with E-state index in [4.69, 9.17) is 4.74 Å². The lowest BCUT2D eigenvalue weighted by Crippen LogP contribution is -2.29. The summed E-state index contributed by atoms with van der Waals surface area (Å²) in [5.74, 6) is 3.67. The summed E-state index contributed by atoms with van der Waals surface area (Å²) in [5, 5.41) is 1.39. The van der Waals surface area contributed by atoms with Crippen LogP contribution in [0, 0.1) is 0 Å². The molecule has 0 atom stereocenters. The zero-order valence-electron chi connectivity index (χ0n) is 10.1. The molecule has 92 valence electrons. The Bertz CT molecular complexity index is 780. The summed E-state index contributed by atoms with van der Waals surface area (Å²) in [6.45, 7) is 4.28. The third-order valence-electron chi connectivity index (χ3n) is 2.58. The maximum atomic E-state index is 5.62. The quantitative estimate of drug-likeness (QED) is 0.670. The first-order chi connectivity index (χ1) is 9.33. The van der Waals surface area contributed by atoms with Gasteiger partial charge in [-0.15, -0.1) is 0 Å². The SMILES string of the molecule is C=C1/C=c2/ncnc/c2=N/CC2=C(N=C=CC=C2)O1. The number of aromatic nitrogens is 2. The summed E-state index contributed by atoms with van der Waals surface area (Å²) >= 11 is 0. The smallest absolute Gasteiger partial charge is 0.232 e. The normalized spacial score (nSPS) is 20.5. The van der Waals surface area contributed by atoms with Gasteiger partial charge < -0.3 is 4.74 Å². The summed E-state index contributed by atoms with van der Waals surface area (Å²) in [6.07, 6.45) is 10.3. The average molecular weight is 250 g/mol. The van der Waals surface area contributed by atoms with E-state index < -0.39 is 0 Å². The molecule has 0 saturated carbocycles. The van der Waals surface area contributed by atoms with Crippen LogP contribution in [0.2, 0.25) is 0 Å². The molecule has 2 aliphatic rings. The van der Waals surface area contributed by atoms with E-state index in [1.54, 1.807) is 18.3 Å². The summed E-state index contributed by atoms with van der Waals surface area (Å²) < 4.78 is 5.62. The van der Waals surface area contributed by atoms with E-state index >= 15 is 0 Å². The van der Waals surface area contributed by atoms with Crippen molar-refractivity contribution >= 4 is 11.9 Å². The second-order valence-corrected chi connectivity index (χ2v) is 3.92. The zero-order valence-corrected chi connectivity index (χ0v) is 10.1. The van der Waals surface area contributed by atoms with Gasteiger partial charge in [0.05, 0.1) is 18.1 Å². The Labute approximate surface area is 109 Å².